The summed E-state index contributed by atoms with van der Waals surface area (Å²) >= 11 is 0. The third-order valence-electron chi connectivity index (χ3n) is 4.61. The van der Waals surface area contributed by atoms with Crippen molar-refractivity contribution in [3.8, 4) is 0 Å². The minimum absolute atomic E-state index is 0.843. The van der Waals surface area contributed by atoms with Gasteiger partial charge in [0, 0.05) is 24.5 Å². The summed E-state index contributed by atoms with van der Waals surface area (Å²) in [5.41, 5.74) is 5.15. The average molecular weight is 267 g/mol. The second-order valence-corrected chi connectivity index (χ2v) is 5.99. The lowest BCUT2D eigenvalue weighted by Crippen LogP contribution is -2.31. The lowest BCUT2D eigenvalue weighted by atomic mass is 10.0. The highest BCUT2D eigenvalue weighted by Crippen LogP contribution is 2.33. The van der Waals surface area contributed by atoms with Gasteiger partial charge in [0.25, 0.3) is 0 Å². The first-order chi connectivity index (χ1) is 9.86. The Bertz CT molecular complexity index is 664. The number of aryl methyl sites for hydroxylation is 1. The number of para-hydroxylation sites is 1. The zero-order valence-electron chi connectivity index (χ0n) is 12.0. The summed E-state index contributed by atoms with van der Waals surface area (Å²) in [6, 6.07) is 7.39. The Labute approximate surface area is 119 Å². The SMILES string of the molecule is CCc1cccc2c(C3=CCCN(C4CC4)C3)n[nH]c12. The van der Waals surface area contributed by atoms with E-state index in [1.54, 1.807) is 0 Å². The number of benzene rings is 1. The van der Waals surface area contributed by atoms with E-state index < -0.39 is 0 Å². The molecule has 4 rings (SSSR count). The van der Waals surface area contributed by atoms with Crippen LogP contribution in [0.25, 0.3) is 16.5 Å². The highest BCUT2D eigenvalue weighted by atomic mass is 15.2. The predicted octanol–water partition coefficient (Wildman–Crippen LogP) is 3.38. The summed E-state index contributed by atoms with van der Waals surface area (Å²) in [5.74, 6) is 0. The molecule has 1 aliphatic carbocycles. The van der Waals surface area contributed by atoms with Crippen LogP contribution in [-0.2, 0) is 6.42 Å². The second-order valence-electron chi connectivity index (χ2n) is 5.99. The van der Waals surface area contributed by atoms with Crippen molar-refractivity contribution in [3.05, 3.63) is 35.5 Å². The van der Waals surface area contributed by atoms with Gasteiger partial charge in [0.1, 0.15) is 0 Å². The third kappa shape index (κ3) is 1.97. The highest BCUT2D eigenvalue weighted by Gasteiger charge is 2.31. The lowest BCUT2D eigenvalue weighted by molar-refractivity contribution is 0.294. The number of H-pyrrole nitrogens is 1. The van der Waals surface area contributed by atoms with Crippen molar-refractivity contribution in [2.75, 3.05) is 13.1 Å². The maximum atomic E-state index is 4.62. The molecule has 1 aliphatic heterocycles. The van der Waals surface area contributed by atoms with Crippen molar-refractivity contribution in [3.63, 3.8) is 0 Å². The van der Waals surface area contributed by atoms with Gasteiger partial charge in [-0.15, -0.1) is 0 Å². The van der Waals surface area contributed by atoms with Gasteiger partial charge in [0.05, 0.1) is 11.2 Å². The van der Waals surface area contributed by atoms with Crippen LogP contribution < -0.4 is 0 Å². The molecule has 0 radical (unpaired) electrons. The van der Waals surface area contributed by atoms with Crippen LogP contribution in [0.4, 0.5) is 0 Å². The van der Waals surface area contributed by atoms with Gasteiger partial charge in [-0.05, 0) is 36.8 Å². The Balaban J connectivity index is 1.73. The quantitative estimate of drug-likeness (QED) is 0.924. The molecule has 0 saturated heterocycles. The topological polar surface area (TPSA) is 31.9 Å². The van der Waals surface area contributed by atoms with Crippen molar-refractivity contribution in [1.82, 2.24) is 15.1 Å². The molecule has 2 heterocycles. The second kappa shape index (κ2) is 4.74. The van der Waals surface area contributed by atoms with E-state index in [1.807, 2.05) is 0 Å². The average Bonchev–Trinajstić information content (AvgIpc) is 3.26. The summed E-state index contributed by atoms with van der Waals surface area (Å²) in [6.45, 7) is 4.49. The molecule has 1 aromatic heterocycles. The van der Waals surface area contributed by atoms with Crippen molar-refractivity contribution in [2.24, 2.45) is 0 Å². The van der Waals surface area contributed by atoms with Crippen LogP contribution in [0.15, 0.2) is 24.3 Å². The van der Waals surface area contributed by atoms with Crippen LogP contribution in [0.2, 0.25) is 0 Å². The number of fused-ring (bicyclic) bond motifs is 1. The van der Waals surface area contributed by atoms with Crippen LogP contribution >= 0.6 is 0 Å². The summed E-state index contributed by atoms with van der Waals surface area (Å²) in [7, 11) is 0. The first kappa shape index (κ1) is 12.2. The Morgan fingerprint density at radius 3 is 3.05 bits per heavy atom. The van der Waals surface area contributed by atoms with Crippen LogP contribution in [0, 0.1) is 0 Å². The van der Waals surface area contributed by atoms with E-state index in [0.717, 1.165) is 25.4 Å². The Morgan fingerprint density at radius 1 is 1.35 bits per heavy atom. The standard InChI is InChI=1S/C17H21N3/c1-2-12-5-3-7-15-16(12)18-19-17(15)13-6-4-10-20(11-13)14-8-9-14/h3,5-7,14H,2,4,8-11H2,1H3,(H,18,19). The van der Waals surface area contributed by atoms with Crippen molar-refractivity contribution in [1.29, 1.82) is 0 Å². The molecule has 0 unspecified atom stereocenters. The van der Waals surface area contributed by atoms with Crippen LogP contribution in [0.5, 0.6) is 0 Å². The Morgan fingerprint density at radius 2 is 2.25 bits per heavy atom. The zero-order valence-corrected chi connectivity index (χ0v) is 12.0. The summed E-state index contributed by atoms with van der Waals surface area (Å²) < 4.78 is 0. The van der Waals surface area contributed by atoms with Crippen molar-refractivity contribution < 1.29 is 0 Å². The molecular weight excluding hydrogens is 246 g/mol. The molecule has 20 heavy (non-hydrogen) atoms. The number of nitrogens with one attached hydrogen (secondary N) is 1. The molecule has 0 spiro atoms. The van der Waals surface area contributed by atoms with Gasteiger partial charge in [-0.1, -0.05) is 31.2 Å². The fourth-order valence-electron chi connectivity index (χ4n) is 3.33. The van der Waals surface area contributed by atoms with Crippen LogP contribution in [-0.4, -0.2) is 34.2 Å². The molecule has 2 aliphatic rings. The number of rotatable bonds is 3. The molecule has 2 aromatic rings. The van der Waals surface area contributed by atoms with E-state index in [4.69, 9.17) is 0 Å². The van der Waals surface area contributed by atoms with Crippen molar-refractivity contribution >= 4 is 16.5 Å². The van der Waals surface area contributed by atoms with E-state index in [2.05, 4.69) is 46.3 Å². The largest absolute Gasteiger partial charge is 0.296 e. The van der Waals surface area contributed by atoms with E-state index in [9.17, 15) is 0 Å². The van der Waals surface area contributed by atoms with E-state index in [1.165, 1.54) is 47.1 Å². The molecule has 3 nitrogen and oxygen atoms in total. The zero-order chi connectivity index (χ0) is 13.5. The Kier molecular flexibility index (Phi) is 2.88. The molecule has 3 heteroatoms. The summed E-state index contributed by atoms with van der Waals surface area (Å²) in [4.78, 5) is 2.62. The first-order valence-corrected chi connectivity index (χ1v) is 7.76. The fraction of sp³-hybridized carbons (Fsp3) is 0.471. The smallest absolute Gasteiger partial charge is 0.0969 e. The van der Waals surface area contributed by atoms with Gasteiger partial charge in [0.15, 0.2) is 0 Å². The lowest BCUT2D eigenvalue weighted by Gasteiger charge is -2.26. The normalized spacial score (nSPS) is 20.4. The third-order valence-corrected chi connectivity index (χ3v) is 4.61. The predicted molar refractivity (Wildman–Crippen MR) is 82.7 cm³/mol. The molecule has 0 bridgehead atoms. The first-order valence-electron chi connectivity index (χ1n) is 7.76. The number of nitrogens with zero attached hydrogens (tertiary/aromatic N) is 2. The Hall–Kier alpha value is -1.61. The number of aromatic nitrogens is 2. The minimum Gasteiger partial charge on any atom is -0.296 e. The highest BCUT2D eigenvalue weighted by molar-refractivity contribution is 5.92. The summed E-state index contributed by atoms with van der Waals surface area (Å²) in [5, 5.41) is 9.16. The molecule has 1 saturated carbocycles. The molecule has 0 amide bonds. The van der Waals surface area contributed by atoms with Gasteiger partial charge in [-0.2, -0.15) is 5.10 Å². The molecular formula is C17H21N3. The van der Waals surface area contributed by atoms with Gasteiger partial charge in [-0.3, -0.25) is 10.00 Å². The van der Waals surface area contributed by atoms with E-state index in [-0.39, 0.29) is 0 Å². The number of hydrogen-bond acceptors (Lipinski definition) is 2. The molecule has 0 atom stereocenters. The van der Waals surface area contributed by atoms with E-state index >= 15 is 0 Å². The molecule has 104 valence electrons. The van der Waals surface area contributed by atoms with Gasteiger partial charge >= 0.3 is 0 Å². The maximum Gasteiger partial charge on any atom is 0.0969 e. The summed E-state index contributed by atoms with van der Waals surface area (Å²) in [6.07, 6.45) is 7.36. The van der Waals surface area contributed by atoms with Crippen LogP contribution in [0.1, 0.15) is 37.4 Å². The van der Waals surface area contributed by atoms with Gasteiger partial charge < -0.3 is 0 Å². The molecule has 1 fully saturated rings. The van der Waals surface area contributed by atoms with Gasteiger partial charge in [0.2, 0.25) is 0 Å². The fourth-order valence-corrected chi connectivity index (χ4v) is 3.33. The maximum absolute atomic E-state index is 4.62. The van der Waals surface area contributed by atoms with E-state index in [0.29, 0.717) is 0 Å². The number of hydrogen-bond donors (Lipinski definition) is 1. The monoisotopic (exact) mass is 267 g/mol. The van der Waals surface area contributed by atoms with Crippen LogP contribution in [0.3, 0.4) is 0 Å². The minimum atomic E-state index is 0.843. The molecule has 1 N–H and O–H groups in total. The van der Waals surface area contributed by atoms with Crippen molar-refractivity contribution in [2.45, 2.75) is 38.6 Å². The number of aromatic amines is 1. The van der Waals surface area contributed by atoms with Gasteiger partial charge in [-0.25, -0.2) is 0 Å². The molecule has 1 aromatic carbocycles.